The van der Waals surface area contributed by atoms with E-state index >= 15 is 0 Å². The van der Waals surface area contributed by atoms with E-state index in [1.165, 1.54) is 6.33 Å². The van der Waals surface area contributed by atoms with Crippen LogP contribution in [0.3, 0.4) is 0 Å². The number of nitrogens with two attached hydrogens (primary N) is 1. The van der Waals surface area contributed by atoms with Crippen LogP contribution < -0.4 is 20.7 Å². The second-order valence-corrected chi connectivity index (χ2v) is 7.60. The third kappa shape index (κ3) is 6.40. The zero-order chi connectivity index (χ0) is 22.9. The summed E-state index contributed by atoms with van der Waals surface area (Å²) >= 11 is 0. The summed E-state index contributed by atoms with van der Waals surface area (Å²) < 4.78 is 5.79. The quantitative estimate of drug-likeness (QED) is 0.244. The molecule has 3 rings (SSSR count). The molecule has 32 heavy (non-hydrogen) atoms. The molecule has 10 nitrogen and oxygen atoms in total. The lowest BCUT2D eigenvalue weighted by atomic mass is 9.96. The molecule has 0 spiro atoms. The summed E-state index contributed by atoms with van der Waals surface area (Å²) in [4.78, 5) is 33.7. The van der Waals surface area contributed by atoms with Crippen molar-refractivity contribution in [2.75, 3.05) is 31.1 Å². The minimum absolute atomic E-state index is 0.000440. The van der Waals surface area contributed by atoms with Gasteiger partial charge in [0.05, 0.1) is 6.54 Å². The fraction of sp³-hybridized carbons (Fsp3) is 0.409. The predicted molar refractivity (Wildman–Crippen MR) is 119 cm³/mol. The second-order valence-electron chi connectivity index (χ2n) is 7.60. The number of nitrogens with one attached hydrogen (secondary N) is 2. The Labute approximate surface area is 186 Å². The van der Waals surface area contributed by atoms with Gasteiger partial charge in [-0.2, -0.15) is 0 Å². The summed E-state index contributed by atoms with van der Waals surface area (Å²) in [6.45, 7) is 2.08. The number of carboxylic acid groups (broad SMARTS) is 1. The highest BCUT2D eigenvalue weighted by molar-refractivity contribution is 5.95. The fourth-order valence-corrected chi connectivity index (χ4v) is 3.63. The first-order valence-electron chi connectivity index (χ1n) is 10.5. The van der Waals surface area contributed by atoms with E-state index in [0.29, 0.717) is 24.3 Å². The molecule has 1 amide bonds. The van der Waals surface area contributed by atoms with Crippen molar-refractivity contribution in [2.24, 2.45) is 11.7 Å². The Balaban J connectivity index is 1.46. The van der Waals surface area contributed by atoms with Gasteiger partial charge in [0.25, 0.3) is 0 Å². The van der Waals surface area contributed by atoms with E-state index in [1.807, 2.05) is 6.07 Å². The minimum Gasteiger partial charge on any atom is -0.491 e. The molecule has 1 aliphatic heterocycles. The van der Waals surface area contributed by atoms with Gasteiger partial charge in [-0.25, -0.2) is 9.97 Å². The summed E-state index contributed by atoms with van der Waals surface area (Å²) in [5.74, 6) is 0.302. The number of carbonyl (C=O) groups is 2. The molecule has 5 N–H and O–H groups in total. The van der Waals surface area contributed by atoms with Crippen molar-refractivity contribution in [2.45, 2.75) is 25.7 Å². The molecule has 1 saturated heterocycles. The van der Waals surface area contributed by atoms with Crippen LogP contribution in [-0.4, -0.2) is 59.0 Å². The zero-order valence-corrected chi connectivity index (χ0v) is 17.8. The predicted octanol–water partition coefficient (Wildman–Crippen LogP) is 1.19. The smallest absolute Gasteiger partial charge is 0.303 e. The fourth-order valence-electron chi connectivity index (χ4n) is 3.63. The number of amidine groups is 1. The number of hydrogen-bond donors (Lipinski definition) is 4. The average molecular weight is 441 g/mol. The Bertz CT molecular complexity index is 945. The highest BCUT2D eigenvalue weighted by Crippen LogP contribution is 2.23. The van der Waals surface area contributed by atoms with Crippen molar-refractivity contribution in [3.63, 3.8) is 0 Å². The van der Waals surface area contributed by atoms with Gasteiger partial charge in [0, 0.05) is 37.2 Å². The Kier molecular flexibility index (Phi) is 7.96. The first kappa shape index (κ1) is 23.0. The lowest BCUT2D eigenvalue weighted by Gasteiger charge is -2.32. The number of nitrogens with zero attached hydrogens (tertiary/aromatic N) is 3. The van der Waals surface area contributed by atoms with E-state index in [9.17, 15) is 9.59 Å². The van der Waals surface area contributed by atoms with Crippen molar-refractivity contribution in [1.82, 2.24) is 15.3 Å². The topological polar surface area (TPSA) is 155 Å². The minimum atomic E-state index is -0.899. The summed E-state index contributed by atoms with van der Waals surface area (Å²) in [7, 11) is 0. The van der Waals surface area contributed by atoms with Gasteiger partial charge >= 0.3 is 5.97 Å². The SMILES string of the molecule is N=C(N)c1ccc(CCC(=O)O)c(OCCNC(=O)C2CCN(c3ccncn3)CC2)c1. The van der Waals surface area contributed by atoms with Crippen LogP contribution in [0.4, 0.5) is 5.82 Å². The van der Waals surface area contributed by atoms with E-state index in [-0.39, 0.29) is 30.7 Å². The van der Waals surface area contributed by atoms with Crippen molar-refractivity contribution in [3.8, 4) is 5.75 Å². The molecule has 1 fully saturated rings. The normalized spacial score (nSPS) is 14.1. The van der Waals surface area contributed by atoms with Gasteiger partial charge in [-0.15, -0.1) is 0 Å². The van der Waals surface area contributed by atoms with Crippen molar-refractivity contribution < 1.29 is 19.4 Å². The maximum atomic E-state index is 12.5. The van der Waals surface area contributed by atoms with Crippen LogP contribution in [0, 0.1) is 11.3 Å². The maximum Gasteiger partial charge on any atom is 0.303 e. The number of aryl methyl sites for hydroxylation is 1. The molecule has 0 bridgehead atoms. The third-order valence-electron chi connectivity index (χ3n) is 5.40. The molecule has 0 unspecified atom stereocenters. The van der Waals surface area contributed by atoms with Gasteiger partial charge in [0.2, 0.25) is 5.91 Å². The standard InChI is InChI=1S/C22H28N6O4/c23-21(24)17-2-1-15(3-4-20(29)30)18(13-17)32-12-9-26-22(31)16-6-10-28(11-7-16)19-5-8-25-14-27-19/h1-2,5,8,13-14,16H,3-4,6-7,9-12H2,(H3,23,24)(H,26,31)(H,29,30). The molecule has 1 aromatic heterocycles. The third-order valence-corrected chi connectivity index (χ3v) is 5.40. The van der Waals surface area contributed by atoms with Crippen molar-refractivity contribution in [1.29, 1.82) is 5.41 Å². The number of nitrogen functional groups attached to an aromatic ring is 1. The van der Waals surface area contributed by atoms with E-state index in [1.54, 1.807) is 24.4 Å². The summed E-state index contributed by atoms with van der Waals surface area (Å²) in [6.07, 6.45) is 5.00. The second kappa shape index (κ2) is 11.1. The lowest BCUT2D eigenvalue weighted by molar-refractivity contribution is -0.137. The molecule has 170 valence electrons. The molecule has 2 aromatic rings. The van der Waals surface area contributed by atoms with E-state index in [0.717, 1.165) is 37.3 Å². The molecule has 10 heteroatoms. The number of piperidine rings is 1. The van der Waals surface area contributed by atoms with Gasteiger partial charge < -0.3 is 25.8 Å². The Morgan fingerprint density at radius 1 is 1.28 bits per heavy atom. The number of anilines is 1. The molecule has 0 atom stereocenters. The largest absolute Gasteiger partial charge is 0.491 e. The monoisotopic (exact) mass is 440 g/mol. The highest BCUT2D eigenvalue weighted by atomic mass is 16.5. The van der Waals surface area contributed by atoms with Crippen LogP contribution in [0.5, 0.6) is 5.75 Å². The average Bonchev–Trinajstić information content (AvgIpc) is 2.81. The lowest BCUT2D eigenvalue weighted by Crippen LogP contribution is -2.41. The number of amides is 1. The Hall–Kier alpha value is -3.69. The number of hydrogen-bond acceptors (Lipinski definition) is 7. The number of carbonyl (C=O) groups excluding carboxylic acids is 1. The number of benzene rings is 1. The first-order chi connectivity index (χ1) is 15.4. The molecule has 0 saturated carbocycles. The van der Waals surface area contributed by atoms with Crippen LogP contribution in [0.15, 0.2) is 36.8 Å². The van der Waals surface area contributed by atoms with Gasteiger partial charge in [-0.05, 0) is 37.0 Å². The van der Waals surface area contributed by atoms with Gasteiger partial charge in [0.1, 0.15) is 30.3 Å². The van der Waals surface area contributed by atoms with E-state index < -0.39 is 5.97 Å². The highest BCUT2D eigenvalue weighted by Gasteiger charge is 2.25. The first-order valence-corrected chi connectivity index (χ1v) is 10.5. The van der Waals surface area contributed by atoms with E-state index in [2.05, 4.69) is 20.2 Å². The zero-order valence-electron chi connectivity index (χ0n) is 17.8. The van der Waals surface area contributed by atoms with E-state index in [4.69, 9.17) is 21.0 Å². The Morgan fingerprint density at radius 2 is 2.06 bits per heavy atom. The van der Waals surface area contributed by atoms with Gasteiger partial charge in [-0.1, -0.05) is 12.1 Å². The summed E-state index contributed by atoms with van der Waals surface area (Å²) in [5, 5.41) is 19.4. The molecule has 0 aliphatic carbocycles. The Morgan fingerprint density at radius 3 is 2.72 bits per heavy atom. The van der Waals surface area contributed by atoms with Crippen LogP contribution in [-0.2, 0) is 16.0 Å². The maximum absolute atomic E-state index is 12.5. The molecule has 1 aromatic carbocycles. The van der Waals surface area contributed by atoms with Crippen LogP contribution in [0.1, 0.15) is 30.4 Å². The summed E-state index contributed by atoms with van der Waals surface area (Å²) in [5.41, 5.74) is 6.77. The van der Waals surface area contributed by atoms with Crippen LogP contribution in [0.2, 0.25) is 0 Å². The van der Waals surface area contributed by atoms with Gasteiger partial charge in [-0.3, -0.25) is 15.0 Å². The molecular weight excluding hydrogens is 412 g/mol. The number of aromatic nitrogens is 2. The number of ether oxygens (including phenoxy) is 1. The number of carboxylic acids is 1. The molecule has 1 aliphatic rings. The molecule has 0 radical (unpaired) electrons. The van der Waals surface area contributed by atoms with Crippen molar-refractivity contribution in [3.05, 3.63) is 47.9 Å². The number of aliphatic carboxylic acids is 1. The van der Waals surface area contributed by atoms with Crippen molar-refractivity contribution >= 4 is 23.5 Å². The summed E-state index contributed by atoms with van der Waals surface area (Å²) in [6, 6.07) is 6.88. The number of rotatable bonds is 10. The molecule has 2 heterocycles. The van der Waals surface area contributed by atoms with Gasteiger partial charge in [0.15, 0.2) is 0 Å². The molecular formula is C22H28N6O4. The van der Waals surface area contributed by atoms with Crippen LogP contribution >= 0.6 is 0 Å². The van der Waals surface area contributed by atoms with Crippen LogP contribution in [0.25, 0.3) is 0 Å².